The quantitative estimate of drug-likeness (QED) is 0.554. The second kappa shape index (κ2) is 8.96. The fourth-order valence-electron chi connectivity index (χ4n) is 3.45. The zero-order valence-corrected chi connectivity index (χ0v) is 20.0. The highest BCUT2D eigenvalue weighted by Gasteiger charge is 2.24. The van der Waals surface area contributed by atoms with E-state index >= 15 is 0 Å². The molecule has 172 valence electrons. The third-order valence-corrected chi connectivity index (χ3v) is 5.49. The second-order valence-electron chi connectivity index (χ2n) is 8.43. The van der Waals surface area contributed by atoms with Crippen molar-refractivity contribution in [3.63, 3.8) is 0 Å². The van der Waals surface area contributed by atoms with Crippen LogP contribution < -0.4 is 4.90 Å². The summed E-state index contributed by atoms with van der Waals surface area (Å²) in [6, 6.07) is 7.89. The third kappa shape index (κ3) is 5.07. The van der Waals surface area contributed by atoms with Crippen LogP contribution in [-0.2, 0) is 16.9 Å². The van der Waals surface area contributed by atoms with Crippen LogP contribution in [-0.4, -0.2) is 32.4 Å². The maximum absolute atomic E-state index is 10.3. The van der Waals surface area contributed by atoms with Crippen LogP contribution in [0.25, 0.3) is 11.3 Å². The van der Waals surface area contributed by atoms with Crippen molar-refractivity contribution in [3.8, 4) is 11.3 Å². The summed E-state index contributed by atoms with van der Waals surface area (Å²) in [6.45, 7) is 9.70. The summed E-state index contributed by atoms with van der Waals surface area (Å²) in [5.41, 5.74) is 3.21. The lowest BCUT2D eigenvalue weighted by Crippen LogP contribution is -2.34. The predicted octanol–water partition coefficient (Wildman–Crippen LogP) is 4.84. The van der Waals surface area contributed by atoms with Gasteiger partial charge in [0.2, 0.25) is 5.88 Å². The van der Waals surface area contributed by atoms with Crippen LogP contribution in [0.15, 0.2) is 57.1 Å². The first-order chi connectivity index (χ1) is 15.6. The van der Waals surface area contributed by atoms with Crippen LogP contribution in [0.1, 0.15) is 43.7 Å². The number of aromatic nitrogens is 3. The fourth-order valence-corrected chi connectivity index (χ4v) is 3.67. The number of aryl methyl sites for hydroxylation is 2. The van der Waals surface area contributed by atoms with Crippen LogP contribution in [0.5, 0.6) is 0 Å². The van der Waals surface area contributed by atoms with Gasteiger partial charge in [-0.15, -0.1) is 0 Å². The van der Waals surface area contributed by atoms with Gasteiger partial charge in [-0.05, 0) is 45.4 Å². The van der Waals surface area contributed by atoms with E-state index in [0.717, 1.165) is 28.3 Å². The van der Waals surface area contributed by atoms with Gasteiger partial charge >= 0.3 is 0 Å². The lowest BCUT2D eigenvalue weighted by molar-refractivity contribution is 0.0688. The summed E-state index contributed by atoms with van der Waals surface area (Å²) in [7, 11) is 0. The van der Waals surface area contributed by atoms with Gasteiger partial charge in [0.05, 0.1) is 17.3 Å². The topological polar surface area (TPSA) is 96.9 Å². The molecule has 0 saturated carbocycles. The van der Waals surface area contributed by atoms with Crippen molar-refractivity contribution >= 4 is 23.1 Å². The van der Waals surface area contributed by atoms with Gasteiger partial charge in [0.25, 0.3) is 0 Å². The van der Waals surface area contributed by atoms with E-state index in [0.29, 0.717) is 34.9 Å². The third-order valence-electron chi connectivity index (χ3n) is 5.20. The molecule has 1 aromatic carbocycles. The van der Waals surface area contributed by atoms with Crippen LogP contribution in [0.2, 0.25) is 0 Å². The Hall–Kier alpha value is -3.23. The maximum atomic E-state index is 10.3. The number of anilines is 1. The molecule has 0 saturated heterocycles. The molecule has 3 aromatic rings. The Morgan fingerprint density at radius 2 is 1.97 bits per heavy atom. The molecule has 1 N–H and O–H groups in total. The van der Waals surface area contributed by atoms with Crippen LogP contribution >= 0.6 is 11.6 Å². The molecule has 0 fully saturated rings. The summed E-state index contributed by atoms with van der Waals surface area (Å²) in [6.07, 6.45) is 3.21. The summed E-state index contributed by atoms with van der Waals surface area (Å²) >= 11 is 6.56. The molecule has 0 radical (unpaired) electrons. The zero-order chi connectivity index (χ0) is 23.8. The number of amidine groups is 1. The molecule has 0 amide bonds. The number of aliphatic imine (C=N–C) groups is 1. The number of hydrogen-bond acceptors (Lipinski definition) is 8. The number of halogens is 1. The minimum atomic E-state index is -1.13. The minimum absolute atomic E-state index is 0.228. The number of rotatable bonds is 6. The number of ether oxygens (including phenoxy) is 1. The first kappa shape index (κ1) is 22.9. The Balaban J connectivity index is 1.59. The van der Waals surface area contributed by atoms with E-state index in [1.165, 1.54) is 0 Å². The van der Waals surface area contributed by atoms with E-state index < -0.39 is 5.60 Å². The van der Waals surface area contributed by atoms with Crippen LogP contribution in [0.3, 0.4) is 0 Å². The van der Waals surface area contributed by atoms with Crippen molar-refractivity contribution in [2.45, 2.75) is 46.8 Å². The van der Waals surface area contributed by atoms with Gasteiger partial charge < -0.3 is 19.2 Å². The molecule has 1 aliphatic rings. The standard InChI is InChI=1S/C24H26ClN5O3/c1-14-6-7-17(20-8-9-26-23(29-20)24(4,5)31)10-21(14)30-11-19(25)22(27-15(30)2)33-13-18-12-32-16(3)28-18/h6-10,12,31H,11,13H2,1-5H3. The molecule has 9 heteroatoms. The Morgan fingerprint density at radius 1 is 1.18 bits per heavy atom. The molecule has 2 aromatic heterocycles. The molecule has 0 spiro atoms. The summed E-state index contributed by atoms with van der Waals surface area (Å²) in [5, 5.41) is 10.8. The van der Waals surface area contributed by atoms with E-state index in [2.05, 4.69) is 19.9 Å². The van der Waals surface area contributed by atoms with Crippen molar-refractivity contribution in [2.75, 3.05) is 11.4 Å². The monoisotopic (exact) mass is 467 g/mol. The number of aliphatic hydroxyl groups is 1. The maximum Gasteiger partial charge on any atom is 0.232 e. The molecule has 0 unspecified atom stereocenters. The lowest BCUT2D eigenvalue weighted by Gasteiger charge is -2.30. The van der Waals surface area contributed by atoms with Gasteiger partial charge in [-0.25, -0.2) is 15.0 Å². The van der Waals surface area contributed by atoms with E-state index in [4.69, 9.17) is 20.8 Å². The Bertz CT molecular complexity index is 1240. The average molecular weight is 468 g/mol. The number of nitrogens with zero attached hydrogens (tertiary/aromatic N) is 5. The van der Waals surface area contributed by atoms with Gasteiger partial charge in [0, 0.05) is 24.4 Å². The number of benzene rings is 1. The summed E-state index contributed by atoms with van der Waals surface area (Å²) < 4.78 is 11.0. The largest absolute Gasteiger partial charge is 0.470 e. The fraction of sp³-hybridized carbons (Fsp3) is 0.333. The van der Waals surface area contributed by atoms with Crippen molar-refractivity contribution in [3.05, 3.63) is 70.6 Å². The van der Waals surface area contributed by atoms with Crippen molar-refractivity contribution in [1.82, 2.24) is 15.0 Å². The van der Waals surface area contributed by atoms with E-state index in [-0.39, 0.29) is 6.61 Å². The molecule has 0 bridgehead atoms. The highest BCUT2D eigenvalue weighted by Crippen LogP contribution is 2.32. The minimum Gasteiger partial charge on any atom is -0.470 e. The zero-order valence-electron chi connectivity index (χ0n) is 19.3. The first-order valence-electron chi connectivity index (χ1n) is 10.5. The van der Waals surface area contributed by atoms with E-state index in [1.54, 1.807) is 33.2 Å². The Morgan fingerprint density at radius 3 is 2.67 bits per heavy atom. The molecule has 0 atom stereocenters. The highest BCUT2D eigenvalue weighted by molar-refractivity contribution is 6.31. The van der Waals surface area contributed by atoms with Gasteiger partial charge in [0.1, 0.15) is 30.0 Å². The number of oxazole rings is 1. The molecular formula is C24H26ClN5O3. The number of hydrogen-bond donors (Lipinski definition) is 1. The van der Waals surface area contributed by atoms with Crippen LogP contribution in [0.4, 0.5) is 5.69 Å². The van der Waals surface area contributed by atoms with Crippen molar-refractivity contribution in [1.29, 1.82) is 0 Å². The van der Waals surface area contributed by atoms with Crippen molar-refractivity contribution in [2.24, 2.45) is 4.99 Å². The Kier molecular flexibility index (Phi) is 6.23. The molecule has 1 aliphatic heterocycles. The first-order valence-corrected chi connectivity index (χ1v) is 10.9. The van der Waals surface area contributed by atoms with Gasteiger partial charge in [0.15, 0.2) is 11.7 Å². The smallest absolute Gasteiger partial charge is 0.232 e. The molecule has 33 heavy (non-hydrogen) atoms. The average Bonchev–Trinajstić information content (AvgIpc) is 3.19. The van der Waals surface area contributed by atoms with Crippen LogP contribution in [0, 0.1) is 13.8 Å². The lowest BCUT2D eigenvalue weighted by atomic mass is 10.0. The molecule has 0 aliphatic carbocycles. The molecule has 3 heterocycles. The summed E-state index contributed by atoms with van der Waals surface area (Å²) in [4.78, 5) is 19.6. The van der Waals surface area contributed by atoms with Gasteiger partial charge in [-0.1, -0.05) is 23.7 Å². The van der Waals surface area contributed by atoms with Gasteiger partial charge in [-0.2, -0.15) is 4.99 Å². The van der Waals surface area contributed by atoms with E-state index in [1.807, 2.05) is 43.0 Å². The van der Waals surface area contributed by atoms with Crippen molar-refractivity contribution < 1.29 is 14.3 Å². The summed E-state index contributed by atoms with van der Waals surface area (Å²) in [5.74, 6) is 2.08. The normalized spacial score (nSPS) is 14.5. The van der Waals surface area contributed by atoms with Gasteiger partial charge in [-0.3, -0.25) is 0 Å². The molecule has 8 nitrogen and oxygen atoms in total. The highest BCUT2D eigenvalue weighted by atomic mass is 35.5. The molecule has 4 rings (SSSR count). The Labute approximate surface area is 197 Å². The van der Waals surface area contributed by atoms with E-state index in [9.17, 15) is 5.11 Å². The predicted molar refractivity (Wildman–Crippen MR) is 127 cm³/mol. The second-order valence-corrected chi connectivity index (χ2v) is 8.88. The SMILES string of the molecule is CC1=NC(OCc2coc(C)n2)=C(Cl)CN1c1cc(-c2ccnc(C(C)(C)O)n2)ccc1C. The molecular weight excluding hydrogens is 442 g/mol.